The molecule has 4 unspecified atom stereocenters. The lowest BCUT2D eigenvalue weighted by atomic mass is 9.57. The van der Waals surface area contributed by atoms with Crippen molar-refractivity contribution in [3.63, 3.8) is 0 Å². The van der Waals surface area contributed by atoms with Crippen LogP contribution in [-0.2, 0) is 4.74 Å². The van der Waals surface area contributed by atoms with Gasteiger partial charge in [-0.1, -0.05) is 27.2 Å². The van der Waals surface area contributed by atoms with E-state index < -0.39 is 5.60 Å². The lowest BCUT2D eigenvalue weighted by molar-refractivity contribution is -0.0509. The summed E-state index contributed by atoms with van der Waals surface area (Å²) in [4.78, 5) is 0. The van der Waals surface area contributed by atoms with Gasteiger partial charge in [0.25, 0.3) is 0 Å². The summed E-state index contributed by atoms with van der Waals surface area (Å²) < 4.78 is 5.65. The Morgan fingerprint density at radius 3 is 2.48 bits per heavy atom. The second-order valence-corrected chi connectivity index (χ2v) is 8.79. The van der Waals surface area contributed by atoms with E-state index in [-0.39, 0.29) is 16.9 Å². The van der Waals surface area contributed by atoms with E-state index in [0.717, 1.165) is 25.7 Å². The number of aliphatic hydroxyl groups excluding tert-OH is 1. The van der Waals surface area contributed by atoms with Crippen molar-refractivity contribution in [3.05, 3.63) is 0 Å². The van der Waals surface area contributed by atoms with Crippen molar-refractivity contribution in [2.75, 3.05) is 13.2 Å². The fourth-order valence-electron chi connectivity index (χ4n) is 4.80. The minimum atomic E-state index is -0.749. The van der Waals surface area contributed by atoms with Crippen LogP contribution in [0.25, 0.3) is 0 Å². The van der Waals surface area contributed by atoms with Gasteiger partial charge in [-0.15, -0.1) is 0 Å². The number of hydrogen-bond acceptors (Lipinski definition) is 3. The number of ether oxygens (including phenoxy) is 1. The van der Waals surface area contributed by atoms with Gasteiger partial charge in [0.15, 0.2) is 0 Å². The molecule has 0 bridgehead atoms. The molecule has 2 aliphatic carbocycles. The topological polar surface area (TPSA) is 49.7 Å². The fraction of sp³-hybridized carbons (Fsp3) is 1.00. The molecule has 0 saturated heterocycles. The third-order valence-electron chi connectivity index (χ3n) is 6.58. The van der Waals surface area contributed by atoms with Crippen LogP contribution >= 0.6 is 0 Å². The molecule has 3 heteroatoms. The molecule has 2 N–H and O–H groups in total. The van der Waals surface area contributed by atoms with Gasteiger partial charge in [-0.25, -0.2) is 0 Å². The van der Waals surface area contributed by atoms with E-state index >= 15 is 0 Å². The van der Waals surface area contributed by atoms with Crippen molar-refractivity contribution in [2.24, 2.45) is 22.7 Å². The van der Waals surface area contributed by atoms with E-state index in [1.165, 1.54) is 6.42 Å². The average molecular weight is 298 g/mol. The molecule has 0 aromatic carbocycles. The van der Waals surface area contributed by atoms with Crippen molar-refractivity contribution in [1.29, 1.82) is 0 Å². The van der Waals surface area contributed by atoms with E-state index in [2.05, 4.69) is 20.8 Å². The van der Waals surface area contributed by atoms with Gasteiger partial charge in [0.1, 0.15) is 0 Å². The van der Waals surface area contributed by atoms with Gasteiger partial charge in [-0.3, -0.25) is 0 Å². The first-order valence-electron chi connectivity index (χ1n) is 8.56. The number of aliphatic hydroxyl groups is 2. The molecule has 2 rings (SSSR count). The van der Waals surface area contributed by atoms with Gasteiger partial charge in [0.2, 0.25) is 0 Å². The SMILES string of the molecule is CC(C)(O)COCCC1CC2C(O)CCCC2(C)C1(C)C. The molecule has 2 aliphatic rings. The average Bonchev–Trinajstić information content (AvgIpc) is 2.54. The Morgan fingerprint density at radius 1 is 1.24 bits per heavy atom. The molecule has 124 valence electrons. The second kappa shape index (κ2) is 5.82. The largest absolute Gasteiger partial charge is 0.393 e. The van der Waals surface area contributed by atoms with Crippen LogP contribution in [0.3, 0.4) is 0 Å². The minimum absolute atomic E-state index is 0.120. The Morgan fingerprint density at radius 2 is 1.90 bits per heavy atom. The second-order valence-electron chi connectivity index (χ2n) is 8.79. The lowest BCUT2D eigenvalue weighted by Gasteiger charge is -2.48. The molecule has 21 heavy (non-hydrogen) atoms. The zero-order valence-electron chi connectivity index (χ0n) is 14.5. The van der Waals surface area contributed by atoms with E-state index in [4.69, 9.17) is 4.74 Å². The molecular weight excluding hydrogens is 264 g/mol. The maximum atomic E-state index is 10.4. The normalized spacial score (nSPS) is 39.3. The highest BCUT2D eigenvalue weighted by Crippen LogP contribution is 2.65. The Hall–Kier alpha value is -0.120. The quantitative estimate of drug-likeness (QED) is 0.765. The van der Waals surface area contributed by atoms with Gasteiger partial charge in [0.05, 0.1) is 18.3 Å². The summed E-state index contributed by atoms with van der Waals surface area (Å²) in [5.41, 5.74) is -0.246. The zero-order chi connectivity index (χ0) is 15.9. The molecule has 0 heterocycles. The van der Waals surface area contributed by atoms with E-state index in [0.29, 0.717) is 25.0 Å². The van der Waals surface area contributed by atoms with Crippen molar-refractivity contribution in [3.8, 4) is 0 Å². The molecule has 3 nitrogen and oxygen atoms in total. The van der Waals surface area contributed by atoms with Crippen molar-refractivity contribution >= 4 is 0 Å². The van der Waals surface area contributed by atoms with Crippen LogP contribution in [0.2, 0.25) is 0 Å². The number of hydrogen-bond donors (Lipinski definition) is 2. The summed E-state index contributed by atoms with van der Waals surface area (Å²) >= 11 is 0. The van der Waals surface area contributed by atoms with Crippen LogP contribution in [0, 0.1) is 22.7 Å². The molecule has 0 amide bonds. The highest BCUT2D eigenvalue weighted by atomic mass is 16.5. The summed E-state index contributed by atoms with van der Waals surface area (Å²) in [5.74, 6) is 1.04. The fourth-order valence-corrected chi connectivity index (χ4v) is 4.80. The van der Waals surface area contributed by atoms with Crippen molar-refractivity contribution in [1.82, 2.24) is 0 Å². The molecule has 2 saturated carbocycles. The molecule has 4 atom stereocenters. The lowest BCUT2D eigenvalue weighted by Crippen LogP contribution is -2.44. The van der Waals surface area contributed by atoms with Gasteiger partial charge in [-0.05, 0) is 62.2 Å². The molecule has 0 radical (unpaired) electrons. The van der Waals surface area contributed by atoms with Crippen LogP contribution < -0.4 is 0 Å². The summed E-state index contributed by atoms with van der Waals surface area (Å²) in [6, 6.07) is 0. The first-order chi connectivity index (χ1) is 9.58. The van der Waals surface area contributed by atoms with E-state index in [1.807, 2.05) is 0 Å². The predicted octanol–water partition coefficient (Wildman–Crippen LogP) is 3.38. The van der Waals surface area contributed by atoms with Gasteiger partial charge < -0.3 is 14.9 Å². The summed E-state index contributed by atoms with van der Waals surface area (Å²) in [6.07, 6.45) is 5.39. The standard InChI is InChI=1S/C18H34O3/c1-16(2,20)12-21-10-8-13-11-14-15(19)7-6-9-18(14,5)17(13,3)4/h13-15,19-20H,6-12H2,1-5H3. The maximum Gasteiger partial charge on any atom is 0.0824 e. The van der Waals surface area contributed by atoms with Crippen molar-refractivity contribution < 1.29 is 14.9 Å². The van der Waals surface area contributed by atoms with Crippen LogP contribution in [-0.4, -0.2) is 35.1 Å². The Bertz CT molecular complexity index is 358. The zero-order valence-corrected chi connectivity index (χ0v) is 14.5. The molecular formula is C18H34O3. The first-order valence-corrected chi connectivity index (χ1v) is 8.56. The summed E-state index contributed by atoms with van der Waals surface area (Å²) in [6.45, 7) is 11.8. The monoisotopic (exact) mass is 298 g/mol. The van der Waals surface area contributed by atoms with Gasteiger partial charge >= 0.3 is 0 Å². The van der Waals surface area contributed by atoms with E-state index in [9.17, 15) is 10.2 Å². The number of rotatable bonds is 5. The van der Waals surface area contributed by atoms with Crippen LogP contribution in [0.1, 0.15) is 66.7 Å². The van der Waals surface area contributed by atoms with Crippen LogP contribution in [0.4, 0.5) is 0 Å². The van der Waals surface area contributed by atoms with Crippen molar-refractivity contribution in [2.45, 2.75) is 78.4 Å². The summed E-state index contributed by atoms with van der Waals surface area (Å²) in [5, 5.41) is 20.1. The Balaban J connectivity index is 1.95. The molecule has 2 fully saturated rings. The Kier molecular flexibility index (Phi) is 4.78. The Labute approximate surface area is 130 Å². The predicted molar refractivity (Wildman–Crippen MR) is 85.1 cm³/mol. The van der Waals surface area contributed by atoms with Gasteiger partial charge in [-0.2, -0.15) is 0 Å². The van der Waals surface area contributed by atoms with Crippen LogP contribution in [0.5, 0.6) is 0 Å². The molecule has 0 aliphatic heterocycles. The third-order valence-corrected chi connectivity index (χ3v) is 6.58. The highest BCUT2D eigenvalue weighted by Gasteiger charge is 2.59. The highest BCUT2D eigenvalue weighted by molar-refractivity contribution is 5.08. The molecule has 0 aromatic heterocycles. The first kappa shape index (κ1) is 17.2. The third kappa shape index (κ3) is 3.30. The van der Waals surface area contributed by atoms with Gasteiger partial charge in [0, 0.05) is 6.61 Å². The molecule has 0 spiro atoms. The molecule has 0 aromatic rings. The summed E-state index contributed by atoms with van der Waals surface area (Å²) in [7, 11) is 0. The minimum Gasteiger partial charge on any atom is -0.393 e. The smallest absolute Gasteiger partial charge is 0.0824 e. The number of fused-ring (bicyclic) bond motifs is 1. The van der Waals surface area contributed by atoms with E-state index in [1.54, 1.807) is 13.8 Å². The maximum absolute atomic E-state index is 10.4. The van der Waals surface area contributed by atoms with Crippen LogP contribution in [0.15, 0.2) is 0 Å².